The van der Waals surface area contributed by atoms with Gasteiger partial charge in [0.1, 0.15) is 5.75 Å². The highest BCUT2D eigenvalue weighted by atomic mass is 35.5. The van der Waals surface area contributed by atoms with E-state index in [0.717, 1.165) is 0 Å². The number of halogens is 4. The SMILES string of the molecule is COc1cccc(Cl)c1C(N)CC(F)(F)F. The molecule has 1 unspecified atom stereocenters. The maximum absolute atomic E-state index is 12.2. The van der Waals surface area contributed by atoms with Crippen molar-refractivity contribution in [3.63, 3.8) is 0 Å². The molecule has 0 aliphatic heterocycles. The summed E-state index contributed by atoms with van der Waals surface area (Å²) in [5.41, 5.74) is 5.66. The molecule has 1 aromatic carbocycles. The van der Waals surface area contributed by atoms with Crippen molar-refractivity contribution >= 4 is 11.6 Å². The third-order valence-corrected chi connectivity index (χ3v) is 2.38. The molecule has 1 atom stereocenters. The molecule has 0 bridgehead atoms. The van der Waals surface area contributed by atoms with Gasteiger partial charge in [0.2, 0.25) is 0 Å². The average molecular weight is 254 g/mol. The van der Waals surface area contributed by atoms with Crippen LogP contribution in [-0.2, 0) is 0 Å². The van der Waals surface area contributed by atoms with E-state index < -0.39 is 18.6 Å². The Morgan fingerprint density at radius 2 is 2.06 bits per heavy atom. The summed E-state index contributed by atoms with van der Waals surface area (Å²) in [6.45, 7) is 0. The largest absolute Gasteiger partial charge is 0.496 e. The maximum Gasteiger partial charge on any atom is 0.390 e. The van der Waals surface area contributed by atoms with E-state index >= 15 is 0 Å². The van der Waals surface area contributed by atoms with Crippen molar-refractivity contribution < 1.29 is 17.9 Å². The Labute approximate surface area is 96.1 Å². The lowest BCUT2D eigenvalue weighted by molar-refractivity contribution is -0.138. The molecule has 2 nitrogen and oxygen atoms in total. The van der Waals surface area contributed by atoms with Crippen LogP contribution < -0.4 is 10.5 Å². The van der Waals surface area contributed by atoms with E-state index in [1.165, 1.54) is 19.2 Å². The molecule has 0 radical (unpaired) electrons. The second-order valence-corrected chi connectivity index (χ2v) is 3.69. The van der Waals surface area contributed by atoms with Gasteiger partial charge >= 0.3 is 6.18 Å². The average Bonchev–Trinajstić information content (AvgIpc) is 2.14. The predicted molar refractivity (Wildman–Crippen MR) is 55.6 cm³/mol. The Morgan fingerprint density at radius 1 is 1.44 bits per heavy atom. The molecular formula is C10H11ClF3NO. The van der Waals surface area contributed by atoms with Crippen LogP contribution >= 0.6 is 11.6 Å². The minimum absolute atomic E-state index is 0.177. The summed E-state index contributed by atoms with van der Waals surface area (Å²) < 4.78 is 41.5. The van der Waals surface area contributed by atoms with Gasteiger partial charge in [0.25, 0.3) is 0 Å². The molecule has 90 valence electrons. The number of hydrogen-bond acceptors (Lipinski definition) is 2. The van der Waals surface area contributed by atoms with Crippen LogP contribution in [0.3, 0.4) is 0 Å². The second kappa shape index (κ2) is 4.93. The quantitative estimate of drug-likeness (QED) is 0.897. The van der Waals surface area contributed by atoms with E-state index in [-0.39, 0.29) is 16.3 Å². The second-order valence-electron chi connectivity index (χ2n) is 3.28. The number of nitrogens with two attached hydrogens (primary N) is 1. The van der Waals surface area contributed by atoms with Crippen molar-refractivity contribution in [3.8, 4) is 5.75 Å². The van der Waals surface area contributed by atoms with Crippen LogP contribution in [0.5, 0.6) is 5.75 Å². The zero-order valence-electron chi connectivity index (χ0n) is 8.51. The molecule has 0 aliphatic rings. The Kier molecular flexibility index (Phi) is 4.04. The molecule has 0 saturated heterocycles. The summed E-state index contributed by atoms with van der Waals surface area (Å²) in [6, 6.07) is 3.38. The van der Waals surface area contributed by atoms with E-state index in [1.54, 1.807) is 6.07 Å². The van der Waals surface area contributed by atoms with Crippen molar-refractivity contribution in [1.29, 1.82) is 0 Å². The molecule has 1 aromatic rings. The minimum Gasteiger partial charge on any atom is -0.496 e. The molecule has 0 amide bonds. The summed E-state index contributed by atoms with van der Waals surface area (Å²) in [4.78, 5) is 0. The fraction of sp³-hybridized carbons (Fsp3) is 0.400. The third-order valence-electron chi connectivity index (χ3n) is 2.05. The molecular weight excluding hydrogens is 243 g/mol. The van der Waals surface area contributed by atoms with E-state index in [9.17, 15) is 13.2 Å². The number of methoxy groups -OCH3 is 1. The lowest BCUT2D eigenvalue weighted by Gasteiger charge is -2.18. The van der Waals surface area contributed by atoms with Gasteiger partial charge in [-0.1, -0.05) is 17.7 Å². The van der Waals surface area contributed by atoms with Crippen LogP contribution in [0.4, 0.5) is 13.2 Å². The number of rotatable bonds is 3. The maximum atomic E-state index is 12.2. The summed E-state index contributed by atoms with van der Waals surface area (Å²) in [5, 5.41) is 0.177. The summed E-state index contributed by atoms with van der Waals surface area (Å²) in [7, 11) is 1.36. The van der Waals surface area contributed by atoms with Crippen LogP contribution in [0.1, 0.15) is 18.0 Å². The van der Waals surface area contributed by atoms with Gasteiger partial charge in [-0.25, -0.2) is 0 Å². The fourth-order valence-electron chi connectivity index (χ4n) is 1.41. The number of benzene rings is 1. The van der Waals surface area contributed by atoms with E-state index in [4.69, 9.17) is 22.1 Å². The van der Waals surface area contributed by atoms with E-state index in [0.29, 0.717) is 0 Å². The Morgan fingerprint density at radius 3 is 2.56 bits per heavy atom. The van der Waals surface area contributed by atoms with Crippen LogP contribution in [0.15, 0.2) is 18.2 Å². The Hall–Kier alpha value is -0.940. The molecule has 2 N–H and O–H groups in total. The zero-order valence-corrected chi connectivity index (χ0v) is 9.27. The third kappa shape index (κ3) is 3.28. The highest BCUT2D eigenvalue weighted by Crippen LogP contribution is 2.36. The fourth-order valence-corrected chi connectivity index (χ4v) is 1.71. The van der Waals surface area contributed by atoms with E-state index in [2.05, 4.69) is 0 Å². The van der Waals surface area contributed by atoms with Crippen molar-refractivity contribution in [2.24, 2.45) is 5.73 Å². The first kappa shape index (κ1) is 13.1. The van der Waals surface area contributed by atoms with Crippen LogP contribution in [0, 0.1) is 0 Å². The highest BCUT2D eigenvalue weighted by Gasteiger charge is 2.32. The summed E-state index contributed by atoms with van der Waals surface area (Å²) in [5.74, 6) is 0.268. The molecule has 1 rings (SSSR count). The molecule has 6 heteroatoms. The van der Waals surface area contributed by atoms with Gasteiger partial charge in [0.15, 0.2) is 0 Å². The number of hydrogen-bond donors (Lipinski definition) is 1. The van der Waals surface area contributed by atoms with Gasteiger partial charge in [-0.15, -0.1) is 0 Å². The first-order chi connectivity index (χ1) is 7.35. The van der Waals surface area contributed by atoms with Crippen molar-refractivity contribution in [2.75, 3.05) is 7.11 Å². The van der Waals surface area contributed by atoms with Gasteiger partial charge in [0, 0.05) is 16.6 Å². The molecule has 0 heterocycles. The molecule has 0 aromatic heterocycles. The van der Waals surface area contributed by atoms with Crippen molar-refractivity contribution in [3.05, 3.63) is 28.8 Å². The van der Waals surface area contributed by atoms with Crippen molar-refractivity contribution in [1.82, 2.24) is 0 Å². The van der Waals surface area contributed by atoms with Gasteiger partial charge in [0.05, 0.1) is 13.5 Å². The minimum atomic E-state index is -4.33. The summed E-state index contributed by atoms with van der Waals surface area (Å²) in [6.07, 6.45) is -5.46. The van der Waals surface area contributed by atoms with Gasteiger partial charge < -0.3 is 10.5 Å². The standard InChI is InChI=1S/C10H11ClF3NO/c1-16-8-4-2-3-6(11)9(8)7(15)5-10(12,13)14/h2-4,7H,5,15H2,1H3. The molecule has 0 aliphatic carbocycles. The smallest absolute Gasteiger partial charge is 0.390 e. The zero-order chi connectivity index (χ0) is 12.3. The Bertz CT molecular complexity index is 368. The lowest BCUT2D eigenvalue weighted by Crippen LogP contribution is -2.21. The lowest BCUT2D eigenvalue weighted by atomic mass is 10.0. The predicted octanol–water partition coefficient (Wildman–Crippen LogP) is 3.30. The van der Waals surface area contributed by atoms with E-state index in [1.807, 2.05) is 0 Å². The van der Waals surface area contributed by atoms with Crippen LogP contribution in [0.25, 0.3) is 0 Å². The van der Waals surface area contributed by atoms with Gasteiger partial charge in [-0.05, 0) is 12.1 Å². The summed E-state index contributed by atoms with van der Waals surface area (Å²) >= 11 is 5.80. The first-order valence-corrected chi connectivity index (χ1v) is 4.87. The number of alkyl halides is 3. The molecule has 0 spiro atoms. The van der Waals surface area contributed by atoms with Crippen molar-refractivity contribution in [2.45, 2.75) is 18.6 Å². The van der Waals surface area contributed by atoms with Crippen LogP contribution in [-0.4, -0.2) is 13.3 Å². The van der Waals surface area contributed by atoms with Gasteiger partial charge in [-0.3, -0.25) is 0 Å². The first-order valence-electron chi connectivity index (χ1n) is 4.50. The monoisotopic (exact) mass is 253 g/mol. The van der Waals surface area contributed by atoms with Crippen LogP contribution in [0.2, 0.25) is 5.02 Å². The molecule has 0 saturated carbocycles. The molecule has 16 heavy (non-hydrogen) atoms. The topological polar surface area (TPSA) is 35.2 Å². The normalized spacial score (nSPS) is 13.6. The highest BCUT2D eigenvalue weighted by molar-refractivity contribution is 6.31. The Balaban J connectivity index is 3.02. The molecule has 0 fully saturated rings. The van der Waals surface area contributed by atoms with Gasteiger partial charge in [-0.2, -0.15) is 13.2 Å². The number of ether oxygens (including phenoxy) is 1.